The van der Waals surface area contributed by atoms with Crippen LogP contribution >= 0.6 is 0 Å². The summed E-state index contributed by atoms with van der Waals surface area (Å²) in [7, 11) is -3.89. The number of nitrogens with one attached hydrogen (secondary N) is 1. The average molecular weight is 535 g/mol. The van der Waals surface area contributed by atoms with Crippen LogP contribution in [-0.4, -0.2) is 42.9 Å². The molecule has 3 aromatic carbocycles. The van der Waals surface area contributed by atoms with Crippen molar-refractivity contribution in [1.82, 2.24) is 9.62 Å². The Morgan fingerprint density at radius 1 is 0.974 bits per heavy atom. The van der Waals surface area contributed by atoms with Crippen LogP contribution in [-0.2, 0) is 23.0 Å². The minimum atomic E-state index is -3.89. The van der Waals surface area contributed by atoms with E-state index < -0.39 is 16.1 Å². The van der Waals surface area contributed by atoms with E-state index in [-0.39, 0.29) is 36.4 Å². The van der Waals surface area contributed by atoms with Gasteiger partial charge in [-0.3, -0.25) is 4.79 Å². The highest BCUT2D eigenvalue weighted by Gasteiger charge is 2.28. The number of rotatable bonds is 12. The quantitative estimate of drug-likeness (QED) is 0.266. The van der Waals surface area contributed by atoms with Crippen LogP contribution in [0.4, 0.5) is 0 Å². The van der Waals surface area contributed by atoms with Crippen LogP contribution in [0.3, 0.4) is 0 Å². The van der Waals surface area contributed by atoms with Crippen LogP contribution in [0.25, 0.3) is 11.0 Å². The molecule has 0 aliphatic carbocycles. The van der Waals surface area contributed by atoms with Crippen LogP contribution in [0.15, 0.2) is 94.4 Å². The van der Waals surface area contributed by atoms with E-state index in [1.165, 1.54) is 16.6 Å². The molecule has 0 saturated carbocycles. The zero-order chi connectivity index (χ0) is 27.1. The third-order valence-corrected chi connectivity index (χ3v) is 8.16. The van der Waals surface area contributed by atoms with Gasteiger partial charge in [-0.2, -0.15) is 4.31 Å². The Morgan fingerprint density at radius 2 is 1.66 bits per heavy atom. The number of amides is 1. The number of aliphatic hydroxyl groups is 1. The normalized spacial score (nSPS) is 12.8. The van der Waals surface area contributed by atoms with Crippen molar-refractivity contribution >= 4 is 26.9 Å². The molecule has 1 unspecified atom stereocenters. The Morgan fingerprint density at radius 3 is 2.34 bits per heavy atom. The average Bonchev–Trinajstić information content (AvgIpc) is 3.33. The number of carbonyl (C=O) groups excluding carboxylic acids is 1. The van der Waals surface area contributed by atoms with E-state index in [9.17, 15) is 18.3 Å². The minimum Gasteiger partial charge on any atom is -0.464 e. The summed E-state index contributed by atoms with van der Waals surface area (Å²) in [5.74, 6) is -0.149. The van der Waals surface area contributed by atoms with E-state index in [1.807, 2.05) is 50.2 Å². The van der Waals surface area contributed by atoms with Crippen molar-refractivity contribution in [3.8, 4) is 0 Å². The van der Waals surface area contributed by atoms with Crippen molar-refractivity contribution in [3.05, 3.63) is 102 Å². The summed E-state index contributed by atoms with van der Waals surface area (Å²) in [5.41, 5.74) is 2.85. The topological polar surface area (TPSA) is 99.8 Å². The molecule has 0 aliphatic rings. The summed E-state index contributed by atoms with van der Waals surface area (Å²) in [5, 5.41) is 14.2. The van der Waals surface area contributed by atoms with Gasteiger partial charge in [0.2, 0.25) is 10.0 Å². The summed E-state index contributed by atoms with van der Waals surface area (Å²) < 4.78 is 34.4. The van der Waals surface area contributed by atoms with Gasteiger partial charge in [0.25, 0.3) is 5.91 Å². The van der Waals surface area contributed by atoms with Crippen LogP contribution in [0.1, 0.15) is 41.8 Å². The summed E-state index contributed by atoms with van der Waals surface area (Å²) in [4.78, 5) is 12.6. The molecule has 8 heteroatoms. The molecule has 0 aliphatic heterocycles. The van der Waals surface area contributed by atoms with Crippen molar-refractivity contribution in [1.29, 1.82) is 0 Å². The molecule has 2 N–H and O–H groups in total. The first-order valence-electron chi connectivity index (χ1n) is 12.8. The number of fused-ring (bicyclic) bond motifs is 1. The van der Waals surface area contributed by atoms with Crippen molar-refractivity contribution in [2.24, 2.45) is 5.92 Å². The van der Waals surface area contributed by atoms with E-state index in [1.54, 1.807) is 36.4 Å². The lowest BCUT2D eigenvalue weighted by molar-refractivity contribution is 0.0951. The highest BCUT2D eigenvalue weighted by atomic mass is 32.2. The standard InChI is InChI=1S/C30H34N2O5S/c1-22(2)19-32(20-26(33)14-13-23-9-5-3-6-10-23)38(35,36)27-15-16-29-28(17-27)25(21-37-29)18-31-30(34)24-11-7-4-8-12-24/h3-12,15-17,21-22,26,33H,13-14,18-20H2,1-2H3,(H,31,34). The Balaban J connectivity index is 1.51. The van der Waals surface area contributed by atoms with Crippen LogP contribution in [0, 0.1) is 5.92 Å². The molecule has 0 bridgehead atoms. The minimum absolute atomic E-state index is 0.0107. The SMILES string of the molecule is CC(C)CN(CC(O)CCc1ccccc1)S(=O)(=O)c1ccc2occ(CNC(=O)c3ccccc3)c2c1. The van der Waals surface area contributed by atoms with Crippen molar-refractivity contribution in [3.63, 3.8) is 0 Å². The smallest absolute Gasteiger partial charge is 0.251 e. The number of benzene rings is 3. The first-order valence-corrected chi connectivity index (χ1v) is 14.2. The fraction of sp³-hybridized carbons (Fsp3) is 0.300. The zero-order valence-electron chi connectivity index (χ0n) is 21.7. The fourth-order valence-electron chi connectivity index (χ4n) is 4.36. The molecule has 1 atom stereocenters. The van der Waals surface area contributed by atoms with Gasteiger partial charge in [-0.15, -0.1) is 0 Å². The molecule has 1 heterocycles. The van der Waals surface area contributed by atoms with Crippen molar-refractivity contribution < 1.29 is 22.7 Å². The molecule has 0 fully saturated rings. The Bertz CT molecular complexity index is 1450. The number of nitrogens with zero attached hydrogens (tertiary/aromatic N) is 1. The summed E-state index contributed by atoms with van der Waals surface area (Å²) in [6.45, 7) is 4.39. The fourth-order valence-corrected chi connectivity index (χ4v) is 6.02. The van der Waals surface area contributed by atoms with Gasteiger partial charge < -0.3 is 14.8 Å². The third-order valence-electron chi connectivity index (χ3n) is 6.33. The van der Waals surface area contributed by atoms with Crippen molar-refractivity contribution in [2.45, 2.75) is 44.2 Å². The molecular weight excluding hydrogens is 500 g/mol. The second-order valence-electron chi connectivity index (χ2n) is 9.86. The number of furan rings is 1. The van der Waals surface area contributed by atoms with E-state index in [0.717, 1.165) is 5.56 Å². The molecule has 200 valence electrons. The Hall–Kier alpha value is -3.46. The van der Waals surface area contributed by atoms with Gasteiger partial charge in [0.15, 0.2) is 0 Å². The molecule has 0 saturated heterocycles. The number of hydrogen-bond acceptors (Lipinski definition) is 5. The molecule has 1 aromatic heterocycles. The van der Waals surface area contributed by atoms with Crippen molar-refractivity contribution in [2.75, 3.05) is 13.1 Å². The zero-order valence-corrected chi connectivity index (χ0v) is 22.5. The summed E-state index contributed by atoms with van der Waals surface area (Å²) in [6.07, 6.45) is 1.85. The van der Waals surface area contributed by atoms with Gasteiger partial charge in [-0.05, 0) is 54.7 Å². The highest BCUT2D eigenvalue weighted by Crippen LogP contribution is 2.27. The molecular formula is C30H34N2O5S. The second kappa shape index (κ2) is 12.4. The van der Waals surface area contributed by atoms with Gasteiger partial charge in [-0.1, -0.05) is 62.4 Å². The molecule has 0 radical (unpaired) electrons. The van der Waals surface area contributed by atoms with Gasteiger partial charge in [0.05, 0.1) is 17.3 Å². The maximum absolute atomic E-state index is 13.7. The summed E-state index contributed by atoms with van der Waals surface area (Å²) >= 11 is 0. The number of sulfonamides is 1. The van der Waals surface area contributed by atoms with Gasteiger partial charge in [0.1, 0.15) is 5.58 Å². The first kappa shape index (κ1) is 27.6. The lowest BCUT2D eigenvalue weighted by Crippen LogP contribution is -2.40. The third kappa shape index (κ3) is 6.89. The van der Waals surface area contributed by atoms with E-state index in [2.05, 4.69) is 5.32 Å². The molecule has 38 heavy (non-hydrogen) atoms. The number of aryl methyl sites for hydroxylation is 1. The van der Waals surface area contributed by atoms with Crippen LogP contribution in [0.5, 0.6) is 0 Å². The van der Waals surface area contributed by atoms with Crippen LogP contribution in [0.2, 0.25) is 0 Å². The highest BCUT2D eigenvalue weighted by molar-refractivity contribution is 7.89. The summed E-state index contributed by atoms with van der Waals surface area (Å²) in [6, 6.07) is 23.4. The van der Waals surface area contributed by atoms with E-state index in [4.69, 9.17) is 4.42 Å². The maximum atomic E-state index is 13.7. The van der Waals surface area contributed by atoms with Gasteiger partial charge in [-0.25, -0.2) is 8.42 Å². The number of carbonyl (C=O) groups is 1. The largest absolute Gasteiger partial charge is 0.464 e. The van der Waals surface area contributed by atoms with Crippen LogP contribution < -0.4 is 5.32 Å². The lowest BCUT2D eigenvalue weighted by atomic mass is 10.1. The first-order chi connectivity index (χ1) is 18.2. The second-order valence-corrected chi connectivity index (χ2v) is 11.8. The molecule has 1 amide bonds. The molecule has 4 rings (SSSR count). The maximum Gasteiger partial charge on any atom is 0.251 e. The predicted octanol–water partition coefficient (Wildman–Crippen LogP) is 5.00. The predicted molar refractivity (Wildman–Crippen MR) is 148 cm³/mol. The Labute approximate surface area is 224 Å². The number of aliphatic hydroxyl groups excluding tert-OH is 1. The molecule has 7 nitrogen and oxygen atoms in total. The monoisotopic (exact) mass is 534 g/mol. The Kier molecular flexibility index (Phi) is 8.99. The van der Waals surface area contributed by atoms with Gasteiger partial charge in [0, 0.05) is 36.1 Å². The number of hydrogen-bond donors (Lipinski definition) is 2. The molecule has 0 spiro atoms. The molecule has 4 aromatic rings. The lowest BCUT2D eigenvalue weighted by Gasteiger charge is -2.26. The van der Waals surface area contributed by atoms with E-state index in [0.29, 0.717) is 34.9 Å². The van der Waals surface area contributed by atoms with Gasteiger partial charge >= 0.3 is 0 Å². The van der Waals surface area contributed by atoms with E-state index >= 15 is 0 Å².